The van der Waals surface area contributed by atoms with E-state index in [0.29, 0.717) is 17.1 Å². The van der Waals surface area contributed by atoms with Crippen molar-refractivity contribution < 1.29 is 17.9 Å². The number of benzene rings is 2. The molecular weight excluding hydrogens is 364 g/mol. The van der Waals surface area contributed by atoms with Crippen molar-refractivity contribution in [1.29, 1.82) is 0 Å². The van der Waals surface area contributed by atoms with E-state index >= 15 is 0 Å². The number of anilines is 2. The Hall–Kier alpha value is -2.54. The quantitative estimate of drug-likeness (QED) is 0.872. The lowest BCUT2D eigenvalue weighted by molar-refractivity contribution is -0.118. The Balaban J connectivity index is 1.90. The Morgan fingerprint density at radius 3 is 2.26 bits per heavy atom. The summed E-state index contributed by atoms with van der Waals surface area (Å²) < 4.78 is 31.5. The average Bonchev–Trinajstić information content (AvgIpc) is 2.87. The number of nitrogens with one attached hydrogen (secondary N) is 1. The highest BCUT2D eigenvalue weighted by atomic mass is 32.2. The molecule has 144 valence electrons. The number of rotatable bonds is 4. The second-order valence-corrected chi connectivity index (χ2v) is 9.27. The second-order valence-electron chi connectivity index (χ2n) is 6.98. The average molecular weight is 388 g/mol. The first kappa shape index (κ1) is 19.2. The summed E-state index contributed by atoms with van der Waals surface area (Å²) >= 11 is 0. The number of nitrogens with zero attached hydrogens (tertiary/aromatic N) is 1. The first-order chi connectivity index (χ1) is 12.7. The van der Waals surface area contributed by atoms with Crippen LogP contribution in [0.1, 0.15) is 24.5 Å². The number of methoxy groups -OCH3 is 1. The first-order valence-electron chi connectivity index (χ1n) is 8.75. The monoisotopic (exact) mass is 388 g/mol. The van der Waals surface area contributed by atoms with E-state index in [1.165, 1.54) is 11.2 Å². The third kappa shape index (κ3) is 3.16. The number of hydrogen-bond donors (Lipinski definition) is 1. The lowest BCUT2D eigenvalue weighted by atomic mass is 10.1. The van der Waals surface area contributed by atoms with Gasteiger partial charge in [-0.05, 0) is 62.6 Å². The fraction of sp³-hybridized carbons (Fsp3) is 0.350. The van der Waals surface area contributed by atoms with Crippen LogP contribution >= 0.6 is 0 Å². The number of sulfonamides is 1. The van der Waals surface area contributed by atoms with Gasteiger partial charge in [-0.3, -0.25) is 9.10 Å². The number of aryl methyl sites for hydroxylation is 2. The van der Waals surface area contributed by atoms with Crippen LogP contribution in [-0.4, -0.2) is 32.7 Å². The molecule has 2 aromatic rings. The first-order valence-corrected chi connectivity index (χ1v) is 10.2. The van der Waals surface area contributed by atoms with Crippen LogP contribution in [0, 0.1) is 13.8 Å². The summed E-state index contributed by atoms with van der Waals surface area (Å²) in [5, 5.41) is 2.73. The van der Waals surface area contributed by atoms with E-state index in [-0.39, 0.29) is 13.0 Å². The fourth-order valence-electron chi connectivity index (χ4n) is 3.41. The molecule has 0 aliphatic carbocycles. The summed E-state index contributed by atoms with van der Waals surface area (Å²) in [7, 11) is -2.30. The molecule has 1 heterocycles. The van der Waals surface area contributed by atoms with Crippen molar-refractivity contribution in [2.24, 2.45) is 0 Å². The number of para-hydroxylation sites is 1. The Bertz CT molecular complexity index is 950. The van der Waals surface area contributed by atoms with E-state index in [1.54, 1.807) is 31.4 Å². The Labute approximate surface area is 160 Å². The molecule has 0 unspecified atom stereocenters. The summed E-state index contributed by atoms with van der Waals surface area (Å²) in [6, 6.07) is 12.5. The maximum Gasteiger partial charge on any atom is 0.249 e. The van der Waals surface area contributed by atoms with Gasteiger partial charge in [-0.1, -0.05) is 18.2 Å². The molecule has 1 aliphatic heterocycles. The lowest BCUT2D eigenvalue weighted by Crippen LogP contribution is -2.47. The number of ether oxygens (including phenoxy) is 1. The molecule has 1 atom stereocenters. The van der Waals surface area contributed by atoms with Crippen LogP contribution in [0.4, 0.5) is 11.4 Å². The van der Waals surface area contributed by atoms with Crippen molar-refractivity contribution >= 4 is 27.3 Å². The van der Waals surface area contributed by atoms with Crippen molar-refractivity contribution in [1.82, 2.24) is 0 Å². The molecule has 1 saturated heterocycles. The predicted molar refractivity (Wildman–Crippen MR) is 107 cm³/mol. The van der Waals surface area contributed by atoms with Crippen LogP contribution in [0.25, 0.3) is 0 Å². The van der Waals surface area contributed by atoms with E-state index < -0.39 is 20.7 Å². The number of hydrogen-bond acceptors (Lipinski definition) is 4. The fourth-order valence-corrected chi connectivity index (χ4v) is 5.39. The summed E-state index contributed by atoms with van der Waals surface area (Å²) in [5.41, 5.74) is 2.94. The largest absolute Gasteiger partial charge is 0.497 e. The Morgan fingerprint density at radius 2 is 1.70 bits per heavy atom. The van der Waals surface area contributed by atoms with Gasteiger partial charge in [0, 0.05) is 12.2 Å². The van der Waals surface area contributed by atoms with Gasteiger partial charge < -0.3 is 10.1 Å². The molecule has 1 aliphatic rings. The summed E-state index contributed by atoms with van der Waals surface area (Å²) in [4.78, 5) is 12.9. The summed E-state index contributed by atoms with van der Waals surface area (Å²) in [5.74, 6) is 0.135. The van der Waals surface area contributed by atoms with E-state index in [2.05, 4.69) is 5.32 Å². The maximum atomic E-state index is 13.3. The molecule has 1 amide bonds. The van der Waals surface area contributed by atoms with Crippen LogP contribution in [0.2, 0.25) is 0 Å². The van der Waals surface area contributed by atoms with Crippen molar-refractivity contribution in [3.8, 4) is 5.75 Å². The van der Waals surface area contributed by atoms with Crippen LogP contribution in [-0.2, 0) is 14.8 Å². The van der Waals surface area contributed by atoms with Gasteiger partial charge in [-0.25, -0.2) is 8.42 Å². The summed E-state index contributed by atoms with van der Waals surface area (Å²) in [6.07, 6.45) is 0.227. The molecule has 7 heteroatoms. The predicted octanol–water partition coefficient (Wildman–Crippen LogP) is 3.25. The zero-order chi connectivity index (χ0) is 19.8. The Kier molecular flexibility index (Phi) is 4.90. The second kappa shape index (κ2) is 6.88. The van der Waals surface area contributed by atoms with Gasteiger partial charge in [0.2, 0.25) is 15.9 Å². The number of carbonyl (C=O) groups excluding carboxylic acids is 1. The molecule has 1 fully saturated rings. The van der Waals surface area contributed by atoms with Crippen molar-refractivity contribution in [2.75, 3.05) is 23.3 Å². The van der Waals surface area contributed by atoms with Gasteiger partial charge in [-0.15, -0.1) is 0 Å². The lowest BCUT2D eigenvalue weighted by Gasteiger charge is -2.27. The third-order valence-electron chi connectivity index (χ3n) is 5.17. The molecule has 27 heavy (non-hydrogen) atoms. The highest BCUT2D eigenvalue weighted by Gasteiger charge is 2.55. The molecule has 0 saturated carbocycles. The van der Waals surface area contributed by atoms with Gasteiger partial charge in [-0.2, -0.15) is 0 Å². The third-order valence-corrected chi connectivity index (χ3v) is 7.64. The zero-order valence-electron chi connectivity index (χ0n) is 15.9. The minimum Gasteiger partial charge on any atom is -0.497 e. The normalized spacial score (nSPS) is 21.1. The molecule has 2 aromatic carbocycles. The maximum absolute atomic E-state index is 13.3. The van der Waals surface area contributed by atoms with Gasteiger partial charge in [0.1, 0.15) is 5.75 Å². The van der Waals surface area contributed by atoms with E-state index in [0.717, 1.165) is 11.1 Å². The van der Waals surface area contributed by atoms with Crippen molar-refractivity contribution in [2.45, 2.75) is 31.9 Å². The van der Waals surface area contributed by atoms with Crippen LogP contribution in [0.3, 0.4) is 0 Å². The molecule has 0 aromatic heterocycles. The van der Waals surface area contributed by atoms with Gasteiger partial charge >= 0.3 is 0 Å². The molecule has 0 bridgehead atoms. The molecule has 3 rings (SSSR count). The molecule has 1 N–H and O–H groups in total. The standard InChI is InChI=1S/C20H24N2O4S/c1-14-6-5-7-15(2)18(14)22-13-12-20(3,27(22,24)25)19(23)21-16-8-10-17(26-4)11-9-16/h5-11H,12-13H2,1-4H3,(H,21,23)/t20-/m1/s1. The zero-order valence-corrected chi connectivity index (χ0v) is 16.8. The van der Waals surface area contributed by atoms with E-state index in [9.17, 15) is 13.2 Å². The molecular formula is C20H24N2O4S. The SMILES string of the molecule is COc1ccc(NC(=O)[C@@]2(C)CCN(c3c(C)cccc3C)S2(=O)=O)cc1. The minimum atomic E-state index is -3.86. The van der Waals surface area contributed by atoms with Gasteiger partial charge in [0.25, 0.3) is 0 Å². The highest BCUT2D eigenvalue weighted by molar-refractivity contribution is 7.95. The molecule has 0 spiro atoms. The van der Waals surface area contributed by atoms with Crippen LogP contribution in [0.5, 0.6) is 5.75 Å². The number of carbonyl (C=O) groups is 1. The molecule has 0 radical (unpaired) electrons. The van der Waals surface area contributed by atoms with Crippen LogP contribution < -0.4 is 14.4 Å². The van der Waals surface area contributed by atoms with Gasteiger partial charge in [0.15, 0.2) is 4.75 Å². The van der Waals surface area contributed by atoms with Crippen LogP contribution in [0.15, 0.2) is 42.5 Å². The van der Waals surface area contributed by atoms with Gasteiger partial charge in [0.05, 0.1) is 12.8 Å². The Morgan fingerprint density at radius 1 is 1.11 bits per heavy atom. The highest BCUT2D eigenvalue weighted by Crippen LogP contribution is 2.40. The minimum absolute atomic E-state index is 0.227. The summed E-state index contributed by atoms with van der Waals surface area (Å²) in [6.45, 7) is 5.53. The molecule has 6 nitrogen and oxygen atoms in total. The van der Waals surface area contributed by atoms with E-state index in [1.807, 2.05) is 32.0 Å². The van der Waals surface area contributed by atoms with Crippen molar-refractivity contribution in [3.63, 3.8) is 0 Å². The number of amides is 1. The van der Waals surface area contributed by atoms with E-state index in [4.69, 9.17) is 4.74 Å². The topological polar surface area (TPSA) is 75.7 Å². The van der Waals surface area contributed by atoms with Crippen molar-refractivity contribution in [3.05, 3.63) is 53.6 Å². The smallest absolute Gasteiger partial charge is 0.249 e.